The van der Waals surface area contributed by atoms with Crippen molar-refractivity contribution in [3.05, 3.63) is 56.7 Å². The van der Waals surface area contributed by atoms with Gasteiger partial charge in [0.15, 0.2) is 0 Å². The normalized spacial score (nSPS) is 10.9. The van der Waals surface area contributed by atoms with E-state index in [9.17, 15) is 23.2 Å². The second-order valence-electron chi connectivity index (χ2n) is 6.04. The molecule has 3 N–H and O–H groups in total. The Balaban J connectivity index is 1.94. The number of nitrogen functional groups attached to an aromatic ring is 1. The Kier molecular flexibility index (Phi) is 7.89. The number of methoxy groups -OCH3 is 1. The number of carbonyl (C=O) groups excluding carboxylic acids is 1. The highest BCUT2D eigenvalue weighted by Crippen LogP contribution is 2.14. The number of benzene rings is 1. The summed E-state index contributed by atoms with van der Waals surface area (Å²) in [5.41, 5.74) is 5.11. The topological polar surface area (TPSA) is 118 Å². The molecular weight excluding hydrogens is 390 g/mol. The molecule has 1 aromatic carbocycles. The zero-order valence-electron chi connectivity index (χ0n) is 15.8. The summed E-state index contributed by atoms with van der Waals surface area (Å²) in [6, 6.07) is 7.08. The van der Waals surface area contributed by atoms with Gasteiger partial charge in [-0.15, -0.1) is 0 Å². The van der Waals surface area contributed by atoms with Crippen LogP contribution >= 0.6 is 0 Å². The monoisotopic (exact) mass is 412 g/mol. The van der Waals surface area contributed by atoms with Crippen molar-refractivity contribution in [2.75, 3.05) is 26.0 Å². The van der Waals surface area contributed by atoms with Gasteiger partial charge in [-0.3, -0.25) is 18.7 Å². The molecule has 158 valence electrons. The van der Waals surface area contributed by atoms with Crippen LogP contribution in [0.1, 0.15) is 5.56 Å². The number of carbonyl (C=O) groups is 1. The van der Waals surface area contributed by atoms with E-state index in [4.69, 9.17) is 10.5 Å². The SMILES string of the molecule is COCCn1c(N)cc(=O)n(CC(=O)NCCc2ccc(OC(F)F)cc2)c1=O. The molecule has 0 bridgehead atoms. The largest absolute Gasteiger partial charge is 0.435 e. The number of nitrogens with two attached hydrogens (primary N) is 1. The summed E-state index contributed by atoms with van der Waals surface area (Å²) in [6.07, 6.45) is 0.426. The lowest BCUT2D eigenvalue weighted by Gasteiger charge is -2.12. The first-order chi connectivity index (χ1) is 13.8. The van der Waals surface area contributed by atoms with E-state index < -0.39 is 30.3 Å². The molecule has 0 aliphatic heterocycles. The van der Waals surface area contributed by atoms with Crippen molar-refractivity contribution in [1.82, 2.24) is 14.5 Å². The fraction of sp³-hybridized carbons (Fsp3) is 0.389. The molecule has 0 aliphatic carbocycles. The Labute approximate surface area is 164 Å². The average molecular weight is 412 g/mol. The molecule has 11 heteroatoms. The highest BCUT2D eigenvalue weighted by Gasteiger charge is 2.12. The molecular formula is C18H22F2N4O5. The van der Waals surface area contributed by atoms with Crippen LogP contribution in [0, 0.1) is 0 Å². The Morgan fingerprint density at radius 3 is 2.52 bits per heavy atom. The van der Waals surface area contributed by atoms with Gasteiger partial charge in [-0.05, 0) is 24.1 Å². The van der Waals surface area contributed by atoms with Gasteiger partial charge < -0.3 is 20.5 Å². The minimum Gasteiger partial charge on any atom is -0.435 e. The number of hydrogen-bond acceptors (Lipinski definition) is 6. The summed E-state index contributed by atoms with van der Waals surface area (Å²) in [5, 5.41) is 2.60. The number of aromatic nitrogens is 2. The standard InChI is InChI=1S/C18H22F2N4O5/c1-28-9-8-23-14(21)10-16(26)24(18(23)27)11-15(25)22-7-6-12-2-4-13(5-3-12)29-17(19)20/h2-5,10,17H,6-9,11,21H2,1H3,(H,22,25). The van der Waals surface area contributed by atoms with Gasteiger partial charge >= 0.3 is 12.3 Å². The van der Waals surface area contributed by atoms with Crippen LogP contribution < -0.4 is 27.0 Å². The van der Waals surface area contributed by atoms with Crippen LogP contribution in [-0.4, -0.2) is 41.9 Å². The van der Waals surface area contributed by atoms with Crippen molar-refractivity contribution in [3.63, 3.8) is 0 Å². The number of hydrogen-bond donors (Lipinski definition) is 2. The number of nitrogens with one attached hydrogen (secondary N) is 1. The van der Waals surface area contributed by atoms with E-state index in [1.807, 2.05) is 0 Å². The van der Waals surface area contributed by atoms with Gasteiger partial charge in [0.1, 0.15) is 18.1 Å². The van der Waals surface area contributed by atoms with Crippen molar-refractivity contribution >= 4 is 11.7 Å². The maximum atomic E-state index is 12.4. The van der Waals surface area contributed by atoms with Crippen LogP contribution in [0.3, 0.4) is 0 Å². The predicted molar refractivity (Wildman–Crippen MR) is 101 cm³/mol. The Hall–Kier alpha value is -3.21. The third kappa shape index (κ3) is 6.42. The van der Waals surface area contributed by atoms with Gasteiger partial charge in [0.05, 0.1) is 13.2 Å². The molecule has 0 atom stereocenters. The number of anilines is 1. The molecule has 0 saturated heterocycles. The first-order valence-electron chi connectivity index (χ1n) is 8.71. The maximum Gasteiger partial charge on any atom is 0.387 e. The summed E-state index contributed by atoms with van der Waals surface area (Å²) in [4.78, 5) is 36.5. The quantitative estimate of drug-likeness (QED) is 0.576. The van der Waals surface area contributed by atoms with Gasteiger partial charge in [-0.25, -0.2) is 4.79 Å². The van der Waals surface area contributed by atoms with Crippen molar-refractivity contribution < 1.29 is 23.0 Å². The van der Waals surface area contributed by atoms with E-state index in [1.165, 1.54) is 19.2 Å². The van der Waals surface area contributed by atoms with Gasteiger partial charge in [0.2, 0.25) is 5.91 Å². The predicted octanol–water partition coefficient (Wildman–Crippen LogP) is 0.199. The highest BCUT2D eigenvalue weighted by molar-refractivity contribution is 5.75. The zero-order chi connectivity index (χ0) is 21.4. The van der Waals surface area contributed by atoms with E-state index in [1.54, 1.807) is 12.1 Å². The molecule has 1 heterocycles. The van der Waals surface area contributed by atoms with Crippen LogP contribution in [-0.2, 0) is 29.0 Å². The fourth-order valence-corrected chi connectivity index (χ4v) is 2.57. The van der Waals surface area contributed by atoms with Crippen LogP contribution in [0.25, 0.3) is 0 Å². The molecule has 0 fully saturated rings. The minimum absolute atomic E-state index is 0.00650. The second-order valence-corrected chi connectivity index (χ2v) is 6.04. The first kappa shape index (κ1) is 22.1. The van der Waals surface area contributed by atoms with E-state index in [-0.39, 0.29) is 31.3 Å². The number of ether oxygens (including phenoxy) is 2. The van der Waals surface area contributed by atoms with Crippen molar-refractivity contribution in [2.24, 2.45) is 0 Å². The summed E-state index contributed by atoms with van der Waals surface area (Å²) in [6.45, 7) is -2.75. The zero-order valence-corrected chi connectivity index (χ0v) is 15.8. The lowest BCUT2D eigenvalue weighted by molar-refractivity contribution is -0.121. The molecule has 9 nitrogen and oxygen atoms in total. The summed E-state index contributed by atoms with van der Waals surface area (Å²) >= 11 is 0. The first-order valence-corrected chi connectivity index (χ1v) is 8.71. The number of rotatable bonds is 10. The molecule has 0 unspecified atom stereocenters. The molecule has 0 radical (unpaired) electrons. The second kappa shape index (κ2) is 10.4. The number of alkyl halides is 2. The van der Waals surface area contributed by atoms with Crippen molar-refractivity contribution in [3.8, 4) is 5.75 Å². The third-order valence-electron chi connectivity index (χ3n) is 4.02. The maximum absolute atomic E-state index is 12.4. The van der Waals surface area contributed by atoms with Gasteiger partial charge in [0, 0.05) is 19.7 Å². The van der Waals surface area contributed by atoms with E-state index >= 15 is 0 Å². The molecule has 2 aromatic rings. The minimum atomic E-state index is -2.89. The van der Waals surface area contributed by atoms with E-state index in [2.05, 4.69) is 10.1 Å². The van der Waals surface area contributed by atoms with Crippen LogP contribution in [0.4, 0.5) is 14.6 Å². The molecule has 29 heavy (non-hydrogen) atoms. The van der Waals surface area contributed by atoms with Crippen LogP contribution in [0.5, 0.6) is 5.75 Å². The van der Waals surface area contributed by atoms with Gasteiger partial charge in [0.25, 0.3) is 5.56 Å². The lowest BCUT2D eigenvalue weighted by atomic mass is 10.1. The van der Waals surface area contributed by atoms with Gasteiger partial charge in [-0.2, -0.15) is 8.78 Å². The number of amides is 1. The van der Waals surface area contributed by atoms with Crippen molar-refractivity contribution in [2.45, 2.75) is 26.1 Å². The molecule has 0 saturated carbocycles. The molecule has 0 spiro atoms. The van der Waals surface area contributed by atoms with E-state index in [0.717, 1.165) is 20.8 Å². The lowest BCUT2D eigenvalue weighted by Crippen LogP contribution is -2.44. The number of nitrogens with zero attached hydrogens (tertiary/aromatic N) is 2. The Morgan fingerprint density at radius 2 is 1.90 bits per heavy atom. The third-order valence-corrected chi connectivity index (χ3v) is 4.02. The molecule has 2 rings (SSSR count). The fourth-order valence-electron chi connectivity index (χ4n) is 2.57. The van der Waals surface area contributed by atoms with Crippen LogP contribution in [0.15, 0.2) is 39.9 Å². The van der Waals surface area contributed by atoms with Crippen molar-refractivity contribution in [1.29, 1.82) is 0 Å². The van der Waals surface area contributed by atoms with Crippen LogP contribution in [0.2, 0.25) is 0 Å². The summed E-state index contributed by atoms with van der Waals surface area (Å²) in [7, 11) is 1.46. The smallest absolute Gasteiger partial charge is 0.387 e. The Morgan fingerprint density at radius 1 is 1.21 bits per heavy atom. The highest BCUT2D eigenvalue weighted by atomic mass is 19.3. The average Bonchev–Trinajstić information content (AvgIpc) is 2.66. The summed E-state index contributed by atoms with van der Waals surface area (Å²) in [5.74, 6) is -0.488. The van der Waals surface area contributed by atoms with E-state index in [0.29, 0.717) is 6.42 Å². The number of halogens is 2. The molecule has 1 amide bonds. The Bertz CT molecular complexity index is 941. The van der Waals surface area contributed by atoms with Gasteiger partial charge in [-0.1, -0.05) is 12.1 Å². The molecule has 1 aromatic heterocycles. The molecule has 0 aliphatic rings. The summed E-state index contributed by atoms with van der Waals surface area (Å²) < 4.78 is 35.4.